The normalized spacial score (nSPS) is 18.9. The minimum Gasteiger partial charge on any atom is -0.359 e. The van der Waals surface area contributed by atoms with Crippen molar-refractivity contribution in [3.8, 4) is 0 Å². The van der Waals surface area contributed by atoms with E-state index in [4.69, 9.17) is 0 Å². The summed E-state index contributed by atoms with van der Waals surface area (Å²) in [6.07, 6.45) is 7.58. The van der Waals surface area contributed by atoms with Crippen molar-refractivity contribution < 1.29 is 14.0 Å². The molecular weight excluding hydrogens is 371 g/mol. The molecule has 2 aromatic rings. The van der Waals surface area contributed by atoms with Gasteiger partial charge in [0.05, 0.1) is 22.9 Å². The minimum atomic E-state index is -0.804. The van der Waals surface area contributed by atoms with E-state index in [9.17, 15) is 14.0 Å². The van der Waals surface area contributed by atoms with Gasteiger partial charge in [0.15, 0.2) is 0 Å². The Balaban J connectivity index is 1.50. The van der Waals surface area contributed by atoms with Crippen LogP contribution in [0, 0.1) is 11.2 Å². The van der Waals surface area contributed by atoms with Crippen LogP contribution in [0.2, 0.25) is 0 Å². The molecule has 1 aliphatic heterocycles. The third-order valence-corrected chi connectivity index (χ3v) is 6.38. The summed E-state index contributed by atoms with van der Waals surface area (Å²) in [5.41, 5.74) is 1.21. The summed E-state index contributed by atoms with van der Waals surface area (Å²) < 4.78 is 14.2. The van der Waals surface area contributed by atoms with Crippen molar-refractivity contribution in [2.45, 2.75) is 44.4 Å². The number of H-pyrrole nitrogens is 1. The molecule has 154 valence electrons. The zero-order chi connectivity index (χ0) is 20.4. The summed E-state index contributed by atoms with van der Waals surface area (Å²) in [4.78, 5) is 27.4. The molecule has 6 nitrogen and oxygen atoms in total. The molecule has 0 spiro atoms. The molecule has 2 heterocycles. The number of rotatable bonds is 5. The Hall–Kier alpha value is -2.70. The third-order valence-electron chi connectivity index (χ3n) is 6.38. The predicted octanol–water partition coefficient (Wildman–Crippen LogP) is 3.03. The van der Waals surface area contributed by atoms with E-state index in [0.29, 0.717) is 17.0 Å². The number of nitrogens with zero attached hydrogens (tertiary/aromatic N) is 2. The Morgan fingerprint density at radius 2 is 1.97 bits per heavy atom. The Bertz CT molecular complexity index is 898. The average Bonchev–Trinajstić information content (AvgIpc) is 3.21. The van der Waals surface area contributed by atoms with Gasteiger partial charge in [0.2, 0.25) is 5.91 Å². The van der Waals surface area contributed by atoms with Crippen molar-refractivity contribution in [1.82, 2.24) is 20.4 Å². The molecule has 1 aliphatic carbocycles. The molecule has 7 heteroatoms. The molecule has 2 aliphatic rings. The van der Waals surface area contributed by atoms with Gasteiger partial charge in [0.1, 0.15) is 5.82 Å². The number of benzene rings is 1. The monoisotopic (exact) mass is 398 g/mol. The van der Waals surface area contributed by atoms with Gasteiger partial charge < -0.3 is 10.2 Å². The molecule has 2 amide bonds. The molecule has 0 unspecified atom stereocenters. The molecule has 0 radical (unpaired) electrons. The van der Waals surface area contributed by atoms with Crippen LogP contribution in [0.4, 0.5) is 4.39 Å². The summed E-state index contributed by atoms with van der Waals surface area (Å²) in [7, 11) is 1.58. The second-order valence-electron chi connectivity index (χ2n) is 8.32. The van der Waals surface area contributed by atoms with E-state index in [1.54, 1.807) is 36.3 Å². The fourth-order valence-corrected chi connectivity index (χ4v) is 4.77. The average molecular weight is 398 g/mol. The van der Waals surface area contributed by atoms with Gasteiger partial charge in [-0.05, 0) is 30.9 Å². The van der Waals surface area contributed by atoms with Crippen LogP contribution in [0.1, 0.15) is 59.6 Å². The first kappa shape index (κ1) is 19.6. The number of halogens is 1. The Morgan fingerprint density at radius 3 is 2.66 bits per heavy atom. The summed E-state index contributed by atoms with van der Waals surface area (Å²) in [6, 6.07) is 6.49. The van der Waals surface area contributed by atoms with Gasteiger partial charge in [-0.2, -0.15) is 5.10 Å². The van der Waals surface area contributed by atoms with Crippen molar-refractivity contribution in [2.24, 2.45) is 5.41 Å². The summed E-state index contributed by atoms with van der Waals surface area (Å²) in [5.74, 6) is -0.250. The van der Waals surface area contributed by atoms with Crippen LogP contribution in [0.5, 0.6) is 0 Å². The fourth-order valence-electron chi connectivity index (χ4n) is 4.77. The summed E-state index contributed by atoms with van der Waals surface area (Å²) >= 11 is 0. The maximum Gasteiger partial charge on any atom is 0.257 e. The Morgan fingerprint density at radius 1 is 1.24 bits per heavy atom. The number of aromatic nitrogens is 2. The van der Waals surface area contributed by atoms with E-state index in [2.05, 4.69) is 15.5 Å². The second-order valence-corrected chi connectivity index (χ2v) is 8.32. The van der Waals surface area contributed by atoms with E-state index >= 15 is 0 Å². The topological polar surface area (TPSA) is 78.1 Å². The summed E-state index contributed by atoms with van der Waals surface area (Å²) in [5, 5.41) is 9.85. The number of likely N-dealkylation sites (tertiary alicyclic amines) is 1. The molecule has 1 saturated carbocycles. The smallest absolute Gasteiger partial charge is 0.257 e. The van der Waals surface area contributed by atoms with Gasteiger partial charge in [-0.25, -0.2) is 4.39 Å². The molecule has 2 N–H and O–H groups in total. The van der Waals surface area contributed by atoms with Crippen molar-refractivity contribution in [2.75, 3.05) is 20.1 Å². The van der Waals surface area contributed by atoms with Crippen molar-refractivity contribution in [1.29, 1.82) is 0 Å². The zero-order valence-electron chi connectivity index (χ0n) is 16.7. The standard InChI is InChI=1S/C22H27FN4O2/c1-24-21(29)22(11-16-9-5-6-10-18(16)23)13-27(14-22)20(28)17-12-25-26-19(17)15-7-3-2-4-8-15/h5-6,9-10,12,15H,2-4,7-8,11,13-14H2,1H3,(H,24,29)(H,25,26). The maximum absolute atomic E-state index is 14.2. The number of nitrogens with one attached hydrogen (secondary N) is 2. The first-order valence-electron chi connectivity index (χ1n) is 10.3. The molecular formula is C22H27FN4O2. The number of carbonyl (C=O) groups excluding carboxylic acids is 2. The highest BCUT2D eigenvalue weighted by atomic mass is 19.1. The Kier molecular flexibility index (Phi) is 5.39. The fraction of sp³-hybridized carbons (Fsp3) is 0.500. The molecule has 0 atom stereocenters. The van der Waals surface area contributed by atoms with Gasteiger partial charge in [0, 0.05) is 26.1 Å². The van der Waals surface area contributed by atoms with Crippen LogP contribution in [0.15, 0.2) is 30.5 Å². The lowest BCUT2D eigenvalue weighted by Crippen LogP contribution is -2.65. The second kappa shape index (κ2) is 7.97. The quantitative estimate of drug-likeness (QED) is 0.813. The van der Waals surface area contributed by atoms with E-state index < -0.39 is 5.41 Å². The van der Waals surface area contributed by atoms with Gasteiger partial charge in [-0.15, -0.1) is 0 Å². The van der Waals surface area contributed by atoms with Crippen LogP contribution in [0.25, 0.3) is 0 Å². The highest BCUT2D eigenvalue weighted by molar-refractivity contribution is 5.97. The number of amides is 2. The van der Waals surface area contributed by atoms with E-state index in [1.165, 1.54) is 25.3 Å². The highest BCUT2D eigenvalue weighted by Gasteiger charge is 2.51. The lowest BCUT2D eigenvalue weighted by atomic mass is 9.73. The molecule has 1 aromatic carbocycles. The zero-order valence-corrected chi connectivity index (χ0v) is 16.7. The minimum absolute atomic E-state index is 0.104. The lowest BCUT2D eigenvalue weighted by molar-refractivity contribution is -0.138. The lowest BCUT2D eigenvalue weighted by Gasteiger charge is -2.48. The highest BCUT2D eigenvalue weighted by Crippen LogP contribution is 2.38. The first-order valence-corrected chi connectivity index (χ1v) is 10.3. The molecule has 0 bridgehead atoms. The predicted molar refractivity (Wildman–Crippen MR) is 107 cm³/mol. The van der Waals surface area contributed by atoms with Gasteiger partial charge in [-0.3, -0.25) is 14.7 Å². The van der Waals surface area contributed by atoms with Crippen molar-refractivity contribution >= 4 is 11.8 Å². The van der Waals surface area contributed by atoms with Crippen molar-refractivity contribution in [3.05, 3.63) is 53.1 Å². The van der Waals surface area contributed by atoms with Gasteiger partial charge >= 0.3 is 0 Å². The van der Waals surface area contributed by atoms with Crippen LogP contribution >= 0.6 is 0 Å². The molecule has 29 heavy (non-hydrogen) atoms. The van der Waals surface area contributed by atoms with E-state index in [-0.39, 0.29) is 37.1 Å². The molecule has 1 aromatic heterocycles. The number of carbonyl (C=O) groups is 2. The van der Waals surface area contributed by atoms with Gasteiger partial charge in [-0.1, -0.05) is 37.5 Å². The molecule has 2 fully saturated rings. The number of hydrogen-bond acceptors (Lipinski definition) is 3. The first-order chi connectivity index (χ1) is 14.0. The number of aromatic amines is 1. The van der Waals surface area contributed by atoms with Crippen LogP contribution in [0.3, 0.4) is 0 Å². The Labute approximate surface area is 169 Å². The molecule has 4 rings (SSSR count). The largest absolute Gasteiger partial charge is 0.359 e. The van der Waals surface area contributed by atoms with Crippen LogP contribution in [-0.4, -0.2) is 47.0 Å². The van der Waals surface area contributed by atoms with E-state index in [1.807, 2.05) is 0 Å². The SMILES string of the molecule is CNC(=O)C1(Cc2ccccc2F)CN(C(=O)c2cn[nH]c2C2CCCCC2)C1. The molecule has 1 saturated heterocycles. The maximum atomic E-state index is 14.2. The van der Waals surface area contributed by atoms with Crippen molar-refractivity contribution in [3.63, 3.8) is 0 Å². The number of hydrogen-bond donors (Lipinski definition) is 2. The van der Waals surface area contributed by atoms with E-state index in [0.717, 1.165) is 18.5 Å². The van der Waals surface area contributed by atoms with Crippen LogP contribution < -0.4 is 5.32 Å². The summed E-state index contributed by atoms with van der Waals surface area (Å²) in [6.45, 7) is 0.546. The van der Waals surface area contributed by atoms with Gasteiger partial charge in [0.25, 0.3) is 5.91 Å². The van der Waals surface area contributed by atoms with Crippen LogP contribution in [-0.2, 0) is 11.2 Å². The third kappa shape index (κ3) is 3.66.